The van der Waals surface area contributed by atoms with E-state index in [4.69, 9.17) is 9.47 Å². The first kappa shape index (κ1) is 20.3. The molecule has 3 aromatic rings. The molecule has 0 radical (unpaired) electrons. The summed E-state index contributed by atoms with van der Waals surface area (Å²) in [4.78, 5) is 11.0. The highest BCUT2D eigenvalue weighted by Gasteiger charge is 2.16. The zero-order valence-electron chi connectivity index (χ0n) is 16.9. The Morgan fingerprint density at radius 3 is 2.83 bits per heavy atom. The van der Waals surface area contributed by atoms with Crippen LogP contribution < -0.4 is 10.1 Å². The molecule has 0 saturated carbocycles. The van der Waals surface area contributed by atoms with E-state index in [0.717, 1.165) is 31.8 Å². The molecular formula is C23H25FN4O2. The minimum Gasteiger partial charge on any atom is -0.439 e. The fourth-order valence-electron chi connectivity index (χ4n) is 3.42. The molecule has 1 aliphatic rings. The van der Waals surface area contributed by atoms with E-state index in [1.54, 1.807) is 24.4 Å². The number of morpholine rings is 1. The Morgan fingerprint density at radius 2 is 2.00 bits per heavy atom. The van der Waals surface area contributed by atoms with Gasteiger partial charge >= 0.3 is 0 Å². The normalized spacial score (nSPS) is 16.9. The smallest absolute Gasteiger partial charge is 0.226 e. The zero-order valence-corrected chi connectivity index (χ0v) is 16.9. The molecule has 2 aromatic carbocycles. The van der Waals surface area contributed by atoms with Gasteiger partial charge in [-0.25, -0.2) is 9.37 Å². The Hall–Kier alpha value is -3.03. The van der Waals surface area contributed by atoms with Crippen molar-refractivity contribution in [2.45, 2.75) is 26.1 Å². The van der Waals surface area contributed by atoms with Crippen molar-refractivity contribution in [3.63, 3.8) is 0 Å². The second kappa shape index (κ2) is 9.65. The van der Waals surface area contributed by atoms with Crippen LogP contribution >= 0.6 is 0 Å². The lowest BCUT2D eigenvalue weighted by atomic mass is 10.1. The lowest BCUT2D eigenvalue weighted by Gasteiger charge is -2.31. The minimum absolute atomic E-state index is 0.283. The van der Waals surface area contributed by atoms with Gasteiger partial charge in [0, 0.05) is 38.4 Å². The average Bonchev–Trinajstić information content (AvgIpc) is 2.75. The molecule has 30 heavy (non-hydrogen) atoms. The molecule has 0 amide bonds. The van der Waals surface area contributed by atoms with Gasteiger partial charge < -0.3 is 14.8 Å². The molecule has 0 bridgehead atoms. The average molecular weight is 408 g/mol. The number of hydrogen-bond acceptors (Lipinski definition) is 6. The Bertz CT molecular complexity index is 967. The molecule has 1 saturated heterocycles. The Labute approximate surface area is 175 Å². The Kier molecular flexibility index (Phi) is 6.51. The molecule has 1 N–H and O–H groups in total. The van der Waals surface area contributed by atoms with E-state index in [-0.39, 0.29) is 11.9 Å². The van der Waals surface area contributed by atoms with Crippen molar-refractivity contribution in [2.75, 3.05) is 25.0 Å². The fraction of sp³-hybridized carbons (Fsp3) is 0.304. The minimum atomic E-state index is -0.308. The van der Waals surface area contributed by atoms with E-state index in [9.17, 15) is 4.39 Å². The van der Waals surface area contributed by atoms with E-state index < -0.39 is 0 Å². The van der Waals surface area contributed by atoms with E-state index >= 15 is 0 Å². The number of hydrogen-bond donors (Lipinski definition) is 1. The summed E-state index contributed by atoms with van der Waals surface area (Å²) in [5.74, 6) is 1.08. The van der Waals surface area contributed by atoms with Crippen LogP contribution in [0.5, 0.6) is 11.6 Å². The van der Waals surface area contributed by atoms with Gasteiger partial charge in [-0.1, -0.05) is 24.3 Å². The second-order valence-electron chi connectivity index (χ2n) is 7.36. The van der Waals surface area contributed by atoms with Gasteiger partial charge in [0.15, 0.2) is 0 Å². The zero-order chi connectivity index (χ0) is 20.8. The number of nitrogens with zero attached hydrogens (tertiary/aromatic N) is 3. The maximum atomic E-state index is 13.0. The first-order valence-electron chi connectivity index (χ1n) is 10.1. The maximum absolute atomic E-state index is 13.0. The first-order valence-corrected chi connectivity index (χ1v) is 10.1. The van der Waals surface area contributed by atoms with Crippen molar-refractivity contribution >= 4 is 5.95 Å². The first-order chi connectivity index (χ1) is 14.6. The molecule has 1 aromatic heterocycles. The molecule has 6 nitrogen and oxygen atoms in total. The number of nitrogens with one attached hydrogen (secondary N) is 1. The summed E-state index contributed by atoms with van der Waals surface area (Å²) in [6.45, 7) is 6.33. The third kappa shape index (κ3) is 5.75. The van der Waals surface area contributed by atoms with E-state index in [0.29, 0.717) is 24.1 Å². The van der Waals surface area contributed by atoms with Gasteiger partial charge in [0.25, 0.3) is 0 Å². The van der Waals surface area contributed by atoms with Gasteiger partial charge in [-0.15, -0.1) is 0 Å². The lowest BCUT2D eigenvalue weighted by molar-refractivity contribution is -0.0212. The van der Waals surface area contributed by atoms with E-state index in [1.165, 1.54) is 17.7 Å². The van der Waals surface area contributed by atoms with Crippen molar-refractivity contribution in [3.05, 3.63) is 77.7 Å². The molecule has 2 heterocycles. The SMILES string of the molecule is CC1CN(Cc2cccc(CNc3nccc(Oc4ccc(F)cc4)n3)c2)CCO1. The molecule has 1 atom stereocenters. The van der Waals surface area contributed by atoms with Crippen LogP contribution in [0.3, 0.4) is 0 Å². The second-order valence-corrected chi connectivity index (χ2v) is 7.36. The van der Waals surface area contributed by atoms with Crippen LogP contribution in [0, 0.1) is 5.82 Å². The number of halogens is 1. The standard InChI is InChI=1S/C23H25FN4O2/c1-17-15-28(11-12-29-17)16-19-4-2-3-18(13-19)14-26-23-25-10-9-22(27-23)30-21-7-5-20(24)6-8-21/h2-10,13,17H,11-12,14-16H2,1H3,(H,25,26,27). The van der Waals surface area contributed by atoms with Gasteiger partial charge in [-0.2, -0.15) is 4.98 Å². The number of anilines is 1. The van der Waals surface area contributed by atoms with Gasteiger partial charge in [-0.05, 0) is 42.3 Å². The molecule has 0 aliphatic carbocycles. The highest BCUT2D eigenvalue weighted by atomic mass is 19.1. The molecule has 1 aliphatic heterocycles. The van der Waals surface area contributed by atoms with Crippen molar-refractivity contribution in [2.24, 2.45) is 0 Å². The third-order valence-electron chi connectivity index (χ3n) is 4.84. The predicted molar refractivity (Wildman–Crippen MR) is 113 cm³/mol. The molecule has 1 unspecified atom stereocenters. The van der Waals surface area contributed by atoms with Crippen LogP contribution in [0.4, 0.5) is 10.3 Å². The van der Waals surface area contributed by atoms with Crippen LogP contribution in [0.15, 0.2) is 60.8 Å². The van der Waals surface area contributed by atoms with E-state index in [2.05, 4.69) is 51.4 Å². The maximum Gasteiger partial charge on any atom is 0.226 e. The summed E-state index contributed by atoms with van der Waals surface area (Å²) >= 11 is 0. The molecule has 156 valence electrons. The molecule has 4 rings (SSSR count). The predicted octanol–water partition coefficient (Wildman–Crippen LogP) is 4.24. The van der Waals surface area contributed by atoms with Crippen molar-refractivity contribution in [3.8, 4) is 11.6 Å². The van der Waals surface area contributed by atoms with Crippen LogP contribution in [0.2, 0.25) is 0 Å². The lowest BCUT2D eigenvalue weighted by Crippen LogP contribution is -2.40. The van der Waals surface area contributed by atoms with Gasteiger partial charge in [0.1, 0.15) is 11.6 Å². The summed E-state index contributed by atoms with van der Waals surface area (Å²) in [6.07, 6.45) is 1.91. The van der Waals surface area contributed by atoms with Crippen molar-refractivity contribution < 1.29 is 13.9 Å². The number of benzene rings is 2. The van der Waals surface area contributed by atoms with Crippen molar-refractivity contribution in [1.82, 2.24) is 14.9 Å². The van der Waals surface area contributed by atoms with Crippen LogP contribution in [-0.4, -0.2) is 40.7 Å². The Morgan fingerprint density at radius 1 is 1.17 bits per heavy atom. The summed E-state index contributed by atoms with van der Waals surface area (Å²) in [7, 11) is 0. The van der Waals surface area contributed by atoms with Crippen LogP contribution in [-0.2, 0) is 17.8 Å². The molecule has 0 spiro atoms. The van der Waals surface area contributed by atoms with Crippen LogP contribution in [0.25, 0.3) is 0 Å². The van der Waals surface area contributed by atoms with E-state index in [1.807, 2.05) is 0 Å². The summed E-state index contributed by atoms with van der Waals surface area (Å²) in [6, 6.07) is 16.0. The quantitative estimate of drug-likeness (QED) is 0.631. The topological polar surface area (TPSA) is 59.5 Å². The molecule has 1 fully saturated rings. The number of aromatic nitrogens is 2. The largest absolute Gasteiger partial charge is 0.439 e. The summed E-state index contributed by atoms with van der Waals surface area (Å²) in [5.41, 5.74) is 2.43. The highest BCUT2D eigenvalue weighted by molar-refractivity contribution is 5.33. The number of rotatable bonds is 7. The Balaban J connectivity index is 1.34. The molecule has 7 heteroatoms. The number of ether oxygens (including phenoxy) is 2. The van der Waals surface area contributed by atoms with Gasteiger partial charge in [0.2, 0.25) is 11.8 Å². The van der Waals surface area contributed by atoms with Crippen LogP contribution in [0.1, 0.15) is 18.1 Å². The summed E-state index contributed by atoms with van der Waals surface area (Å²) < 4.78 is 24.3. The molecular weight excluding hydrogens is 383 g/mol. The monoisotopic (exact) mass is 408 g/mol. The fourth-order valence-corrected chi connectivity index (χ4v) is 3.42. The van der Waals surface area contributed by atoms with Crippen molar-refractivity contribution in [1.29, 1.82) is 0 Å². The highest BCUT2D eigenvalue weighted by Crippen LogP contribution is 2.20. The van der Waals surface area contributed by atoms with Gasteiger partial charge in [0.05, 0.1) is 12.7 Å². The third-order valence-corrected chi connectivity index (χ3v) is 4.84. The van der Waals surface area contributed by atoms with Gasteiger partial charge in [-0.3, -0.25) is 4.90 Å². The summed E-state index contributed by atoms with van der Waals surface area (Å²) in [5, 5.41) is 3.24.